The second-order valence-corrected chi connectivity index (χ2v) is 24.4. The maximum Gasteiger partial charge on any atom is 0.252 e. The fourth-order valence-corrected chi connectivity index (χ4v) is 14.6. The van der Waals surface area contributed by atoms with Crippen LogP contribution < -0.4 is 31.1 Å². The molecule has 2 heterocycles. The van der Waals surface area contributed by atoms with E-state index in [4.69, 9.17) is 0 Å². The summed E-state index contributed by atoms with van der Waals surface area (Å²) in [7, 11) is 0. The Bertz CT molecular complexity index is 3580. The number of benzene rings is 8. The van der Waals surface area contributed by atoms with Crippen LogP contribution in [0.5, 0.6) is 0 Å². The van der Waals surface area contributed by atoms with Crippen molar-refractivity contribution >= 4 is 68.6 Å². The van der Waals surface area contributed by atoms with Gasteiger partial charge < -0.3 is 14.7 Å². The van der Waals surface area contributed by atoms with Crippen LogP contribution in [0.15, 0.2) is 194 Å². The SMILES string of the molecule is Cc1cc(-c2ccccc2)ccc1N1c2ccc(-c3ccccc3)cc2B2c3cc4c(cc3N(c3ccc5c(c3)C(C)(C)CC5(C)C)c3cc(N(c5ccccc5)C5C=CC=CC5)cc1c32)C(C)(C)CC4(C)C. The third-order valence-electron chi connectivity index (χ3n) is 17.4. The van der Waals surface area contributed by atoms with Crippen LogP contribution in [0.25, 0.3) is 22.3 Å². The molecule has 0 amide bonds. The molecule has 3 nitrogen and oxygen atoms in total. The largest absolute Gasteiger partial charge is 0.334 e. The van der Waals surface area contributed by atoms with Crippen molar-refractivity contribution in [3.05, 3.63) is 222 Å². The molecule has 13 rings (SSSR count). The minimum absolute atomic E-state index is 0.00685. The molecule has 0 saturated heterocycles. The lowest BCUT2D eigenvalue weighted by Crippen LogP contribution is -2.61. The predicted molar refractivity (Wildman–Crippen MR) is 313 cm³/mol. The molecule has 8 aromatic carbocycles. The zero-order valence-electron chi connectivity index (χ0n) is 44.1. The summed E-state index contributed by atoms with van der Waals surface area (Å²) in [6.45, 7) is 21.9. The fraction of sp³-hybridized carbons (Fsp3) is 0.246. The van der Waals surface area contributed by atoms with Crippen molar-refractivity contribution < 1.29 is 0 Å². The Morgan fingerprint density at radius 2 is 0.986 bits per heavy atom. The summed E-state index contributed by atoms with van der Waals surface area (Å²) in [5, 5.41) is 0. The van der Waals surface area contributed by atoms with Gasteiger partial charge in [-0.2, -0.15) is 0 Å². The molecule has 0 N–H and O–H groups in total. The number of aryl methyl sites for hydroxylation is 1. The smallest absolute Gasteiger partial charge is 0.252 e. The van der Waals surface area contributed by atoms with E-state index in [0.29, 0.717) is 0 Å². The molecule has 0 bridgehead atoms. The van der Waals surface area contributed by atoms with Crippen molar-refractivity contribution in [1.82, 2.24) is 0 Å². The number of hydrogen-bond donors (Lipinski definition) is 0. The molecule has 4 heteroatoms. The van der Waals surface area contributed by atoms with Gasteiger partial charge in [-0.1, -0.05) is 189 Å². The van der Waals surface area contributed by atoms with Gasteiger partial charge in [-0.05, 0) is 175 Å². The number of rotatable bonds is 7. The third-order valence-corrected chi connectivity index (χ3v) is 17.4. The van der Waals surface area contributed by atoms with Gasteiger partial charge in [-0.25, -0.2) is 0 Å². The molecular formula is C69H66BN3. The van der Waals surface area contributed by atoms with Gasteiger partial charge in [0.1, 0.15) is 0 Å². The summed E-state index contributed by atoms with van der Waals surface area (Å²) >= 11 is 0. The first-order chi connectivity index (χ1) is 35.1. The number of hydrogen-bond acceptors (Lipinski definition) is 3. The molecule has 0 spiro atoms. The maximum absolute atomic E-state index is 2.70. The number of anilines is 8. The van der Waals surface area contributed by atoms with Crippen molar-refractivity contribution in [2.24, 2.45) is 0 Å². The van der Waals surface area contributed by atoms with Gasteiger partial charge in [-0.3, -0.25) is 0 Å². The first kappa shape index (κ1) is 45.6. The van der Waals surface area contributed by atoms with E-state index >= 15 is 0 Å². The summed E-state index contributed by atoms with van der Waals surface area (Å²) in [6, 6.07) is 65.4. The molecule has 8 aromatic rings. The Morgan fingerprint density at radius 1 is 0.438 bits per heavy atom. The summed E-state index contributed by atoms with van der Waals surface area (Å²) < 4.78 is 0. The lowest BCUT2D eigenvalue weighted by molar-refractivity contribution is 0.403. The monoisotopic (exact) mass is 948 g/mol. The second-order valence-electron chi connectivity index (χ2n) is 24.4. The average molecular weight is 948 g/mol. The number of nitrogens with zero attached hydrogens (tertiary/aromatic N) is 3. The molecule has 0 fully saturated rings. The van der Waals surface area contributed by atoms with Crippen LogP contribution >= 0.6 is 0 Å². The average Bonchev–Trinajstić information content (AvgIpc) is 3.70. The second kappa shape index (κ2) is 16.4. The van der Waals surface area contributed by atoms with Crippen LogP contribution in [0.3, 0.4) is 0 Å². The first-order valence-electron chi connectivity index (χ1n) is 26.7. The lowest BCUT2D eigenvalue weighted by Gasteiger charge is -2.46. The number of allylic oxidation sites excluding steroid dienone is 2. The molecule has 1 atom stereocenters. The van der Waals surface area contributed by atoms with Crippen molar-refractivity contribution in [1.29, 1.82) is 0 Å². The fourth-order valence-electron chi connectivity index (χ4n) is 14.6. The molecule has 5 aliphatic rings. The van der Waals surface area contributed by atoms with Gasteiger partial charge in [0.25, 0.3) is 6.71 Å². The van der Waals surface area contributed by atoms with Gasteiger partial charge in [0.05, 0.1) is 6.04 Å². The topological polar surface area (TPSA) is 9.72 Å². The Hall–Kier alpha value is -7.30. The third kappa shape index (κ3) is 7.22. The Morgan fingerprint density at radius 3 is 1.60 bits per heavy atom. The zero-order valence-corrected chi connectivity index (χ0v) is 44.1. The number of fused-ring (bicyclic) bond motifs is 6. The summed E-state index contributed by atoms with van der Waals surface area (Å²) in [5.74, 6) is 0. The molecular weight excluding hydrogens is 882 g/mol. The maximum atomic E-state index is 2.70. The van der Waals surface area contributed by atoms with Crippen molar-refractivity contribution in [2.45, 2.75) is 109 Å². The quantitative estimate of drug-likeness (QED) is 0.147. The number of para-hydroxylation sites is 1. The first-order valence-corrected chi connectivity index (χ1v) is 26.7. The van der Waals surface area contributed by atoms with E-state index in [1.165, 1.54) is 112 Å². The standard InChI is InChI=1S/C69H66BN3/c1-45-36-48(46-22-14-10-15-23-46)30-34-60(45)73-61-35-31-49(47-24-16-11-17-25-47)37-58(61)70-59-41-56-57(69(8,9)44-68(56,6)7)42-62(59)72(52-32-33-54-55(38-52)67(4,5)43-66(54,2)3)63-39-53(40-64(73)65(63)70)71(50-26-18-12-19-27-50)51-28-20-13-21-29-51/h10-28,30-42,51H,29,43-44H2,1-9H3. The molecule has 0 aromatic heterocycles. The van der Waals surface area contributed by atoms with Crippen LogP contribution in [0.1, 0.15) is 102 Å². The van der Waals surface area contributed by atoms with Gasteiger partial charge in [0, 0.05) is 45.5 Å². The van der Waals surface area contributed by atoms with Crippen LogP contribution in [0, 0.1) is 6.92 Å². The molecule has 1 unspecified atom stereocenters. The van der Waals surface area contributed by atoms with Crippen molar-refractivity contribution in [2.75, 3.05) is 14.7 Å². The van der Waals surface area contributed by atoms with E-state index in [0.717, 1.165) is 19.3 Å². The van der Waals surface area contributed by atoms with E-state index in [1.807, 2.05) is 0 Å². The summed E-state index contributed by atoms with van der Waals surface area (Å²) in [5.41, 5.74) is 26.0. The van der Waals surface area contributed by atoms with Crippen molar-refractivity contribution in [3.8, 4) is 22.3 Å². The highest BCUT2D eigenvalue weighted by Crippen LogP contribution is 2.56. The molecule has 0 saturated carbocycles. The van der Waals surface area contributed by atoms with Crippen LogP contribution in [-0.4, -0.2) is 12.8 Å². The minimum atomic E-state index is -0.0404. The Kier molecular flexibility index (Phi) is 10.2. The van der Waals surface area contributed by atoms with E-state index < -0.39 is 0 Å². The Balaban J connectivity index is 1.16. The van der Waals surface area contributed by atoms with Gasteiger partial charge in [0.15, 0.2) is 0 Å². The van der Waals surface area contributed by atoms with Crippen molar-refractivity contribution in [3.63, 3.8) is 0 Å². The normalized spacial score (nSPS) is 18.7. The molecule has 2 aliphatic heterocycles. The Labute approximate surface area is 434 Å². The molecule has 73 heavy (non-hydrogen) atoms. The minimum Gasteiger partial charge on any atom is -0.334 e. The van der Waals surface area contributed by atoms with Crippen LogP contribution in [0.2, 0.25) is 0 Å². The van der Waals surface area contributed by atoms with Gasteiger partial charge in [0.2, 0.25) is 0 Å². The summed E-state index contributed by atoms with van der Waals surface area (Å²) in [4.78, 5) is 7.93. The van der Waals surface area contributed by atoms with E-state index in [2.05, 4.69) is 271 Å². The van der Waals surface area contributed by atoms with E-state index in [-0.39, 0.29) is 34.4 Å². The van der Waals surface area contributed by atoms with Gasteiger partial charge in [-0.15, -0.1) is 0 Å². The van der Waals surface area contributed by atoms with E-state index in [9.17, 15) is 0 Å². The highest BCUT2D eigenvalue weighted by atomic mass is 15.2. The molecule has 360 valence electrons. The highest BCUT2D eigenvalue weighted by molar-refractivity contribution is 7.00. The lowest BCUT2D eigenvalue weighted by atomic mass is 9.33. The van der Waals surface area contributed by atoms with E-state index in [1.54, 1.807) is 0 Å². The highest BCUT2D eigenvalue weighted by Gasteiger charge is 2.49. The van der Waals surface area contributed by atoms with Gasteiger partial charge >= 0.3 is 0 Å². The zero-order chi connectivity index (χ0) is 50.2. The predicted octanol–water partition coefficient (Wildman–Crippen LogP) is 16.4. The molecule has 0 radical (unpaired) electrons. The van der Waals surface area contributed by atoms with Crippen LogP contribution in [0.4, 0.5) is 45.5 Å². The van der Waals surface area contributed by atoms with Crippen LogP contribution in [-0.2, 0) is 21.7 Å². The summed E-state index contributed by atoms with van der Waals surface area (Å²) in [6.07, 6.45) is 12.3. The molecule has 3 aliphatic carbocycles.